The van der Waals surface area contributed by atoms with Crippen LogP contribution in [-0.2, 0) is 13.2 Å². The van der Waals surface area contributed by atoms with Crippen LogP contribution in [0.5, 0.6) is 5.75 Å². The number of halogens is 3. The molecule has 182 valence electrons. The molecule has 13 heteroatoms. The number of aromatic carboxylic acids is 1. The monoisotopic (exact) mass is 490 g/mol. The Morgan fingerprint density at radius 2 is 1.80 bits per heavy atom. The van der Waals surface area contributed by atoms with Gasteiger partial charge in [0.1, 0.15) is 23.5 Å². The van der Waals surface area contributed by atoms with E-state index in [1.807, 2.05) is 0 Å². The molecule has 10 nitrogen and oxygen atoms in total. The first kappa shape index (κ1) is 25.1. The number of rotatable bonds is 7. The number of Topliss-reactive ketones (excluding diaryl/α,β-unsaturated/α-hetero) is 1. The van der Waals surface area contributed by atoms with Gasteiger partial charge in [-0.15, -0.1) is 0 Å². The molecule has 0 aliphatic rings. The lowest BCUT2D eigenvalue weighted by Gasteiger charge is -2.08. The lowest BCUT2D eigenvalue weighted by molar-refractivity contribution is -0.385. The maximum absolute atomic E-state index is 12.8. The van der Waals surface area contributed by atoms with Gasteiger partial charge in [0.15, 0.2) is 11.5 Å². The Kier molecular flexibility index (Phi) is 6.71. The number of aliphatic imine (C=N–C) groups is 1. The van der Waals surface area contributed by atoms with Gasteiger partial charge in [-0.25, -0.2) is 4.79 Å². The van der Waals surface area contributed by atoms with Crippen LogP contribution >= 0.6 is 0 Å². The van der Waals surface area contributed by atoms with Crippen molar-refractivity contribution in [3.8, 4) is 17.0 Å². The molecule has 0 spiro atoms. The molecule has 0 amide bonds. The Labute approximate surface area is 195 Å². The van der Waals surface area contributed by atoms with Crippen LogP contribution in [0, 0.1) is 10.1 Å². The molecule has 0 saturated heterocycles. The van der Waals surface area contributed by atoms with Gasteiger partial charge in [-0.05, 0) is 31.2 Å². The number of ketones is 1. The Morgan fingerprint density at radius 3 is 2.34 bits per heavy atom. The van der Waals surface area contributed by atoms with Crippen LogP contribution in [0.1, 0.15) is 38.9 Å². The van der Waals surface area contributed by atoms with E-state index in [0.29, 0.717) is 0 Å². The van der Waals surface area contributed by atoms with Crippen LogP contribution in [0.4, 0.5) is 18.9 Å². The zero-order valence-electron chi connectivity index (χ0n) is 18.2. The van der Waals surface area contributed by atoms with Gasteiger partial charge in [-0.2, -0.15) is 18.3 Å². The minimum Gasteiger partial charge on any atom is -0.504 e. The third-order valence-corrected chi connectivity index (χ3v) is 5.06. The summed E-state index contributed by atoms with van der Waals surface area (Å²) >= 11 is 0. The molecule has 2 N–H and O–H groups in total. The number of carbonyl (C=O) groups excluding carboxylic acids is 1. The van der Waals surface area contributed by atoms with E-state index in [2.05, 4.69) is 10.1 Å². The molecule has 2 aromatic carbocycles. The minimum absolute atomic E-state index is 0.0117. The van der Waals surface area contributed by atoms with Crippen LogP contribution in [0.2, 0.25) is 0 Å². The van der Waals surface area contributed by atoms with Crippen LogP contribution < -0.4 is 0 Å². The van der Waals surface area contributed by atoms with E-state index in [9.17, 15) is 38.0 Å². The number of aryl methyl sites for hydroxylation is 1. The zero-order chi connectivity index (χ0) is 26.1. The quantitative estimate of drug-likeness (QED) is 0.219. The Hall–Kier alpha value is -4.55. The number of alkyl halides is 3. The first-order valence-electron chi connectivity index (χ1n) is 9.81. The van der Waals surface area contributed by atoms with E-state index < -0.39 is 46.2 Å². The fourth-order valence-corrected chi connectivity index (χ4v) is 3.29. The number of hydrogen-bond acceptors (Lipinski definition) is 7. The van der Waals surface area contributed by atoms with E-state index in [0.717, 1.165) is 30.3 Å². The molecule has 0 unspecified atom stereocenters. The molecular weight excluding hydrogens is 473 g/mol. The van der Waals surface area contributed by atoms with Crippen LogP contribution in [-0.4, -0.2) is 48.9 Å². The van der Waals surface area contributed by atoms with Gasteiger partial charge in [-0.3, -0.25) is 24.6 Å². The number of hydrogen-bond donors (Lipinski definition) is 2. The fraction of sp³-hybridized carbons (Fsp3) is 0.182. The van der Waals surface area contributed by atoms with Crippen molar-refractivity contribution in [1.29, 1.82) is 0 Å². The van der Waals surface area contributed by atoms with Gasteiger partial charge in [0, 0.05) is 24.2 Å². The normalized spacial score (nSPS) is 12.0. The van der Waals surface area contributed by atoms with Crippen molar-refractivity contribution in [3.63, 3.8) is 0 Å². The summed E-state index contributed by atoms with van der Waals surface area (Å²) < 4.78 is 39.7. The summed E-state index contributed by atoms with van der Waals surface area (Å²) in [6, 6.07) is 7.04. The smallest absolute Gasteiger partial charge is 0.416 e. The van der Waals surface area contributed by atoms with Gasteiger partial charge in [-0.1, -0.05) is 12.1 Å². The van der Waals surface area contributed by atoms with Crippen molar-refractivity contribution in [2.45, 2.75) is 13.1 Å². The molecule has 3 rings (SSSR count). The highest BCUT2D eigenvalue weighted by molar-refractivity contribution is 6.05. The van der Waals surface area contributed by atoms with Gasteiger partial charge < -0.3 is 10.2 Å². The molecule has 0 radical (unpaired) electrons. The largest absolute Gasteiger partial charge is 0.504 e. The second-order valence-electron chi connectivity index (χ2n) is 7.36. The maximum Gasteiger partial charge on any atom is 0.416 e. The molecule has 0 bridgehead atoms. The first-order chi connectivity index (χ1) is 16.3. The third-order valence-electron chi connectivity index (χ3n) is 5.06. The van der Waals surface area contributed by atoms with E-state index in [1.165, 1.54) is 30.8 Å². The number of aromatic hydroxyl groups is 1. The zero-order valence-corrected chi connectivity index (χ0v) is 18.2. The van der Waals surface area contributed by atoms with Crippen molar-refractivity contribution in [2.75, 3.05) is 6.54 Å². The summed E-state index contributed by atoms with van der Waals surface area (Å²) in [4.78, 5) is 37.8. The molecule has 0 aliphatic carbocycles. The maximum atomic E-state index is 12.8. The summed E-state index contributed by atoms with van der Waals surface area (Å²) in [5.41, 5.74) is -1.78. The fourth-order valence-electron chi connectivity index (χ4n) is 3.29. The topological polar surface area (TPSA) is 148 Å². The molecule has 1 aromatic heterocycles. The Balaban J connectivity index is 1.86. The van der Waals surface area contributed by atoms with Gasteiger partial charge in [0.05, 0.1) is 16.2 Å². The van der Waals surface area contributed by atoms with Crippen molar-refractivity contribution in [3.05, 3.63) is 75.0 Å². The van der Waals surface area contributed by atoms with E-state index in [1.54, 1.807) is 0 Å². The summed E-state index contributed by atoms with van der Waals surface area (Å²) in [5.74, 6) is -2.52. The van der Waals surface area contributed by atoms with Crippen molar-refractivity contribution < 1.29 is 37.9 Å². The molecular formula is C22H17F3N4O6. The SMILES string of the molecule is CC(=NCC(=O)c1ccc(C(=O)O)c([N+](=O)[O-])c1)c1nn(C)c(-c2ccc(C(F)(F)F)cc2)c1O. The van der Waals surface area contributed by atoms with Crippen molar-refractivity contribution in [1.82, 2.24) is 9.78 Å². The predicted octanol–water partition coefficient (Wildman–Crippen LogP) is 4.11. The minimum atomic E-state index is -4.51. The summed E-state index contributed by atoms with van der Waals surface area (Å²) in [5, 5.41) is 34.9. The summed E-state index contributed by atoms with van der Waals surface area (Å²) in [6.07, 6.45) is -4.51. The number of carboxylic acids is 1. The lowest BCUT2D eigenvalue weighted by atomic mass is 10.1. The average molecular weight is 490 g/mol. The highest BCUT2D eigenvalue weighted by atomic mass is 19.4. The molecule has 35 heavy (non-hydrogen) atoms. The highest BCUT2D eigenvalue weighted by Gasteiger charge is 2.30. The van der Waals surface area contributed by atoms with Gasteiger partial charge in [0.25, 0.3) is 5.69 Å². The van der Waals surface area contributed by atoms with Gasteiger partial charge >= 0.3 is 12.1 Å². The molecule has 0 fully saturated rings. The number of nitrogens with zero attached hydrogens (tertiary/aromatic N) is 4. The molecule has 0 saturated carbocycles. The average Bonchev–Trinajstić information content (AvgIpc) is 3.10. The highest BCUT2D eigenvalue weighted by Crippen LogP contribution is 2.35. The number of carboxylic acid groups (broad SMARTS) is 1. The molecule has 1 heterocycles. The molecule has 0 aliphatic heterocycles. The van der Waals surface area contributed by atoms with Gasteiger partial charge in [0.2, 0.25) is 0 Å². The van der Waals surface area contributed by atoms with Crippen molar-refractivity contribution >= 4 is 23.2 Å². The van der Waals surface area contributed by atoms with Crippen LogP contribution in [0.3, 0.4) is 0 Å². The van der Waals surface area contributed by atoms with E-state index in [-0.39, 0.29) is 34.0 Å². The van der Waals surface area contributed by atoms with Crippen LogP contribution in [0.25, 0.3) is 11.3 Å². The molecule has 3 aromatic rings. The molecule has 0 atom stereocenters. The second-order valence-corrected chi connectivity index (χ2v) is 7.36. The van der Waals surface area contributed by atoms with Crippen LogP contribution in [0.15, 0.2) is 47.5 Å². The predicted molar refractivity (Wildman–Crippen MR) is 117 cm³/mol. The lowest BCUT2D eigenvalue weighted by Crippen LogP contribution is -2.09. The third kappa shape index (κ3) is 5.18. The van der Waals surface area contributed by atoms with E-state index in [4.69, 9.17) is 5.11 Å². The summed E-state index contributed by atoms with van der Waals surface area (Å²) in [7, 11) is 1.47. The van der Waals surface area contributed by atoms with E-state index >= 15 is 0 Å². The number of nitro benzene ring substituents is 1. The Bertz CT molecular complexity index is 1360. The number of aromatic nitrogens is 2. The second kappa shape index (κ2) is 9.37. The summed E-state index contributed by atoms with van der Waals surface area (Å²) in [6.45, 7) is 0.961. The standard InChI is InChI=1S/C22H17F3N4O6/c1-11(26-10-17(30)13-5-8-15(21(32)33)16(9-13)29(34)35)18-20(31)19(28(2)27-18)12-3-6-14(7-4-12)22(23,24)25/h3-9,31H,10H2,1-2H3,(H,32,33). The number of benzene rings is 2. The number of nitro groups is 1. The Morgan fingerprint density at radius 1 is 1.17 bits per heavy atom. The first-order valence-corrected chi connectivity index (χ1v) is 9.81. The van der Waals surface area contributed by atoms with Crippen molar-refractivity contribution in [2.24, 2.45) is 12.0 Å². The number of carbonyl (C=O) groups is 2.